The molecule has 176 valence electrons. The first-order chi connectivity index (χ1) is 16.1. The van der Waals surface area contributed by atoms with E-state index in [4.69, 9.17) is 23.2 Å². The second-order valence-electron chi connectivity index (χ2n) is 6.80. The van der Waals surface area contributed by atoms with Gasteiger partial charge in [0.15, 0.2) is 0 Å². The van der Waals surface area contributed by atoms with Crippen LogP contribution in [0, 0.1) is 0 Å². The fraction of sp³-hybridized carbons (Fsp3) is 0.0500. The van der Waals surface area contributed by atoms with E-state index in [0.717, 1.165) is 17.0 Å². The maximum absolute atomic E-state index is 13.1. The highest BCUT2D eigenvalue weighted by molar-refractivity contribution is 9.10. The molecular weight excluding hydrogens is 589 g/mol. The summed E-state index contributed by atoms with van der Waals surface area (Å²) in [4.78, 5) is 29.6. The topological polar surface area (TPSA) is 122 Å². The van der Waals surface area contributed by atoms with Crippen molar-refractivity contribution in [2.24, 2.45) is 0 Å². The fourth-order valence-electron chi connectivity index (χ4n) is 3.06. The predicted molar refractivity (Wildman–Crippen MR) is 138 cm³/mol. The molecule has 34 heavy (non-hydrogen) atoms. The van der Waals surface area contributed by atoms with Crippen LogP contribution in [0.15, 0.2) is 62.3 Å². The van der Waals surface area contributed by atoms with Crippen molar-refractivity contribution >= 4 is 88.8 Å². The van der Waals surface area contributed by atoms with Gasteiger partial charge in [-0.2, -0.15) is 0 Å². The molecule has 2 aromatic carbocycles. The van der Waals surface area contributed by atoms with Gasteiger partial charge in [-0.3, -0.25) is 9.36 Å². The van der Waals surface area contributed by atoms with E-state index in [1.165, 1.54) is 41.2 Å². The van der Waals surface area contributed by atoms with Crippen LogP contribution >= 0.6 is 50.5 Å². The molecule has 0 aliphatic heterocycles. The van der Waals surface area contributed by atoms with Crippen LogP contribution < -0.4 is 20.9 Å². The number of aromatic nitrogens is 2. The number of benzene rings is 2. The number of anilines is 2. The molecule has 0 radical (unpaired) electrons. The summed E-state index contributed by atoms with van der Waals surface area (Å²) in [5.41, 5.74) is 1.51. The SMILES string of the molecule is CNc1cc2ncn(-c3ccc(NC(=O)NS(=O)(=O)c4ccc(Cl)s4)cc3Cl)c(=O)c2cc1Br. The maximum atomic E-state index is 13.1. The third kappa shape index (κ3) is 4.91. The number of halogens is 3. The number of hydrogen-bond donors (Lipinski definition) is 3. The van der Waals surface area contributed by atoms with Crippen molar-refractivity contribution < 1.29 is 13.2 Å². The average molecular weight is 603 g/mol. The van der Waals surface area contributed by atoms with E-state index in [-0.39, 0.29) is 24.8 Å². The quantitative estimate of drug-likeness (QED) is 0.293. The molecule has 0 saturated carbocycles. The van der Waals surface area contributed by atoms with Crippen molar-refractivity contribution in [3.63, 3.8) is 0 Å². The summed E-state index contributed by atoms with van der Waals surface area (Å²) in [6.07, 6.45) is 1.36. The van der Waals surface area contributed by atoms with Gasteiger partial charge >= 0.3 is 6.03 Å². The molecule has 0 bridgehead atoms. The highest BCUT2D eigenvalue weighted by atomic mass is 79.9. The molecular formula is C20H14BrCl2N5O4S2. The third-order valence-corrected chi connectivity index (χ3v) is 8.63. The molecule has 4 aromatic rings. The zero-order valence-corrected chi connectivity index (χ0v) is 21.8. The number of hydrogen-bond acceptors (Lipinski definition) is 7. The summed E-state index contributed by atoms with van der Waals surface area (Å²) in [5, 5.41) is 5.93. The number of sulfonamides is 1. The molecule has 9 nitrogen and oxygen atoms in total. The fourth-order valence-corrected chi connectivity index (χ4v) is 6.26. The van der Waals surface area contributed by atoms with E-state index in [1.807, 2.05) is 4.72 Å². The Balaban J connectivity index is 1.59. The first-order valence-electron chi connectivity index (χ1n) is 9.37. The minimum atomic E-state index is -4.08. The molecule has 0 aliphatic carbocycles. The molecule has 2 heterocycles. The third-order valence-electron chi connectivity index (χ3n) is 4.62. The van der Waals surface area contributed by atoms with Crippen molar-refractivity contribution in [1.29, 1.82) is 0 Å². The average Bonchev–Trinajstić information content (AvgIpc) is 3.22. The number of nitrogens with one attached hydrogen (secondary N) is 3. The smallest absolute Gasteiger partial charge is 0.333 e. The van der Waals surface area contributed by atoms with Gasteiger partial charge in [0.1, 0.15) is 10.5 Å². The van der Waals surface area contributed by atoms with Crippen LogP contribution in [0.3, 0.4) is 0 Å². The van der Waals surface area contributed by atoms with Gasteiger partial charge in [0.2, 0.25) is 0 Å². The first-order valence-corrected chi connectivity index (χ1v) is 13.2. The van der Waals surface area contributed by atoms with Crippen LogP contribution in [0.1, 0.15) is 0 Å². The highest BCUT2D eigenvalue weighted by Gasteiger charge is 2.20. The van der Waals surface area contributed by atoms with E-state index in [2.05, 4.69) is 31.5 Å². The lowest BCUT2D eigenvalue weighted by molar-refractivity contribution is 0.256. The molecule has 0 aliphatic rings. The minimum absolute atomic E-state index is 0.0994. The second-order valence-corrected chi connectivity index (χ2v) is 11.7. The van der Waals surface area contributed by atoms with E-state index in [9.17, 15) is 18.0 Å². The lowest BCUT2D eigenvalue weighted by Crippen LogP contribution is -2.33. The van der Waals surface area contributed by atoms with E-state index >= 15 is 0 Å². The van der Waals surface area contributed by atoms with Gasteiger partial charge in [0.05, 0.1) is 31.6 Å². The van der Waals surface area contributed by atoms with Crippen LogP contribution in [0.25, 0.3) is 16.6 Å². The molecule has 0 spiro atoms. The zero-order chi connectivity index (χ0) is 24.6. The Morgan fingerprint density at radius 2 is 1.91 bits per heavy atom. The molecule has 0 atom stereocenters. The Kier molecular flexibility index (Phi) is 6.87. The van der Waals surface area contributed by atoms with Gasteiger partial charge in [0.25, 0.3) is 15.6 Å². The van der Waals surface area contributed by atoms with E-state index in [0.29, 0.717) is 21.1 Å². The number of amides is 2. The molecule has 3 N–H and O–H groups in total. The van der Waals surface area contributed by atoms with Gasteiger partial charge in [-0.1, -0.05) is 23.2 Å². The zero-order valence-electron chi connectivity index (χ0n) is 17.1. The summed E-state index contributed by atoms with van der Waals surface area (Å²) in [6.45, 7) is 0. The number of carbonyl (C=O) groups excluding carboxylic acids is 1. The minimum Gasteiger partial charge on any atom is -0.387 e. The Hall–Kier alpha value is -2.64. The molecule has 4 rings (SSSR count). The number of nitrogens with zero attached hydrogens (tertiary/aromatic N) is 2. The Morgan fingerprint density at radius 1 is 1.15 bits per heavy atom. The Morgan fingerprint density at radius 3 is 2.56 bits per heavy atom. The largest absolute Gasteiger partial charge is 0.387 e. The van der Waals surface area contributed by atoms with Gasteiger partial charge in [-0.05, 0) is 58.4 Å². The van der Waals surface area contributed by atoms with Crippen molar-refractivity contribution in [3.05, 3.63) is 73.0 Å². The summed E-state index contributed by atoms with van der Waals surface area (Å²) in [5.74, 6) is 0. The lowest BCUT2D eigenvalue weighted by Gasteiger charge is -2.12. The van der Waals surface area contributed by atoms with Gasteiger partial charge in [-0.25, -0.2) is 22.9 Å². The molecule has 2 aromatic heterocycles. The summed E-state index contributed by atoms with van der Waals surface area (Å²) < 4.78 is 28.6. The molecule has 0 unspecified atom stereocenters. The predicted octanol–water partition coefficient (Wildman–Crippen LogP) is 5.07. The molecule has 14 heteroatoms. The van der Waals surface area contributed by atoms with Gasteiger partial charge in [-0.15, -0.1) is 11.3 Å². The number of carbonyl (C=O) groups is 1. The first kappa shape index (κ1) is 24.5. The molecule has 0 saturated heterocycles. The summed E-state index contributed by atoms with van der Waals surface area (Å²) in [7, 11) is -2.32. The summed E-state index contributed by atoms with van der Waals surface area (Å²) >= 11 is 16.4. The van der Waals surface area contributed by atoms with Crippen molar-refractivity contribution in [2.45, 2.75) is 4.21 Å². The Bertz CT molecular complexity index is 1600. The van der Waals surface area contributed by atoms with Gasteiger partial charge < -0.3 is 10.6 Å². The standard InChI is InChI=1S/C20H14BrCl2N5O4S2/c1-24-15-8-14-11(7-12(15)21)19(29)28(9-25-14)16-3-2-10(6-13(16)22)26-20(30)27-34(31,32)18-5-4-17(23)33-18/h2-9,24H,1H3,(H2,26,27,30). The van der Waals surface area contributed by atoms with Crippen LogP contribution in [-0.4, -0.2) is 31.0 Å². The molecule has 2 amide bonds. The summed E-state index contributed by atoms with van der Waals surface area (Å²) in [6, 6.07) is 9.52. The second kappa shape index (κ2) is 9.55. The van der Waals surface area contributed by atoms with Crippen LogP contribution in [0.4, 0.5) is 16.2 Å². The maximum Gasteiger partial charge on any atom is 0.333 e. The van der Waals surface area contributed by atoms with Crippen molar-refractivity contribution in [1.82, 2.24) is 14.3 Å². The normalized spacial score (nSPS) is 11.4. The number of rotatable bonds is 5. The Labute approximate surface area is 215 Å². The van der Waals surface area contributed by atoms with E-state index < -0.39 is 16.1 Å². The van der Waals surface area contributed by atoms with Crippen molar-refractivity contribution in [3.8, 4) is 5.69 Å². The number of fused-ring (bicyclic) bond motifs is 1. The van der Waals surface area contributed by atoms with Crippen LogP contribution in [0.2, 0.25) is 9.36 Å². The van der Waals surface area contributed by atoms with E-state index in [1.54, 1.807) is 19.2 Å². The van der Waals surface area contributed by atoms with Crippen LogP contribution in [0.5, 0.6) is 0 Å². The van der Waals surface area contributed by atoms with Gasteiger partial charge in [0, 0.05) is 17.2 Å². The lowest BCUT2D eigenvalue weighted by atomic mass is 10.2. The monoisotopic (exact) mass is 601 g/mol. The molecule has 0 fully saturated rings. The number of thiophene rings is 1. The number of urea groups is 1. The van der Waals surface area contributed by atoms with Crippen molar-refractivity contribution in [2.75, 3.05) is 17.7 Å². The van der Waals surface area contributed by atoms with Crippen LogP contribution in [-0.2, 0) is 10.0 Å². The highest BCUT2D eigenvalue weighted by Crippen LogP contribution is 2.28.